The molecule has 0 aliphatic heterocycles. The van der Waals surface area contributed by atoms with E-state index in [-0.39, 0.29) is 13.2 Å². The predicted octanol–water partition coefficient (Wildman–Crippen LogP) is 5.29. The molecule has 0 saturated carbocycles. The summed E-state index contributed by atoms with van der Waals surface area (Å²) in [6.45, 7) is 5.33. The third-order valence-corrected chi connectivity index (χ3v) is 5.58. The number of unbranched alkanes of at least 4 members (excludes halogenated alkanes) is 14. The number of quaternary nitrogens is 1. The van der Waals surface area contributed by atoms with E-state index in [2.05, 4.69) is 14.0 Å². The van der Waals surface area contributed by atoms with Gasteiger partial charge >= 0.3 is 0 Å². The number of aliphatic hydroxyl groups is 2. The van der Waals surface area contributed by atoms with Crippen LogP contribution in [0.2, 0.25) is 0 Å². The zero-order chi connectivity index (χ0) is 18.6. The van der Waals surface area contributed by atoms with E-state index in [4.69, 9.17) is 10.2 Å². The molecule has 0 rings (SSSR count). The van der Waals surface area contributed by atoms with Crippen molar-refractivity contribution >= 4 is 0 Å². The van der Waals surface area contributed by atoms with Crippen LogP contribution in [-0.2, 0) is 0 Å². The molecule has 0 radical (unpaired) electrons. The van der Waals surface area contributed by atoms with Crippen LogP contribution in [0.3, 0.4) is 0 Å². The van der Waals surface area contributed by atoms with Crippen molar-refractivity contribution in [3.8, 4) is 0 Å². The Morgan fingerprint density at radius 2 is 0.800 bits per heavy atom. The summed E-state index contributed by atoms with van der Waals surface area (Å²) in [7, 11) is 2.15. The number of rotatable bonds is 20. The zero-order valence-corrected chi connectivity index (χ0v) is 17.5. The van der Waals surface area contributed by atoms with Gasteiger partial charge in [0, 0.05) is 0 Å². The van der Waals surface area contributed by atoms with Crippen molar-refractivity contribution in [1.29, 1.82) is 0 Å². The molecule has 0 aromatic heterocycles. The van der Waals surface area contributed by atoms with E-state index in [0.717, 1.165) is 24.1 Å². The maximum atomic E-state index is 9.16. The van der Waals surface area contributed by atoms with Gasteiger partial charge in [0.05, 0.1) is 26.8 Å². The molecule has 0 aromatic carbocycles. The van der Waals surface area contributed by atoms with Gasteiger partial charge in [0.1, 0.15) is 13.1 Å². The molecule has 3 heteroatoms. The summed E-state index contributed by atoms with van der Waals surface area (Å²) < 4.78 is 0.811. The Kier molecular flexibility index (Phi) is 18.6. The number of hydrogen-bond donors (Lipinski definition) is 2. The third kappa shape index (κ3) is 17.1. The summed E-state index contributed by atoms with van der Waals surface area (Å²) in [4.78, 5) is 0. The third-order valence-electron chi connectivity index (χ3n) is 5.58. The van der Waals surface area contributed by atoms with E-state index in [0.29, 0.717) is 0 Å². The largest absolute Gasteiger partial charge is 0.391 e. The Bertz CT molecular complexity index is 252. The van der Waals surface area contributed by atoms with Crippen molar-refractivity contribution in [2.75, 3.05) is 39.9 Å². The lowest BCUT2D eigenvalue weighted by Gasteiger charge is -2.33. The highest BCUT2D eigenvalue weighted by molar-refractivity contribution is 4.50. The normalized spacial score (nSPS) is 12.0. The van der Waals surface area contributed by atoms with Gasteiger partial charge in [-0.15, -0.1) is 0 Å². The van der Waals surface area contributed by atoms with Crippen molar-refractivity contribution in [3.05, 3.63) is 0 Å². The fourth-order valence-electron chi connectivity index (χ4n) is 3.68. The minimum Gasteiger partial charge on any atom is -0.391 e. The number of likely N-dealkylation sites (N-methyl/N-ethyl adjacent to an activating group) is 1. The van der Waals surface area contributed by atoms with Gasteiger partial charge in [-0.25, -0.2) is 0 Å². The molecule has 0 unspecified atom stereocenters. The van der Waals surface area contributed by atoms with E-state index in [9.17, 15) is 0 Å². The second-order valence-electron chi connectivity index (χ2n) is 8.19. The molecule has 152 valence electrons. The van der Waals surface area contributed by atoms with Crippen LogP contribution in [0.5, 0.6) is 0 Å². The highest BCUT2D eigenvalue weighted by Crippen LogP contribution is 2.14. The second kappa shape index (κ2) is 18.7. The molecule has 3 nitrogen and oxygen atoms in total. The molecule has 0 aliphatic carbocycles. The Labute approximate surface area is 158 Å². The lowest BCUT2D eigenvalue weighted by Crippen LogP contribution is -2.48. The van der Waals surface area contributed by atoms with E-state index in [1.807, 2.05) is 0 Å². The first-order valence-corrected chi connectivity index (χ1v) is 11.2. The molecule has 0 fully saturated rings. The fraction of sp³-hybridized carbons (Fsp3) is 1.00. The Balaban J connectivity index is 3.28. The number of nitrogens with zero attached hydrogens (tertiary/aromatic N) is 1. The topological polar surface area (TPSA) is 40.5 Å². The summed E-state index contributed by atoms with van der Waals surface area (Å²) in [5, 5.41) is 18.3. The van der Waals surface area contributed by atoms with Gasteiger partial charge in [0.15, 0.2) is 0 Å². The van der Waals surface area contributed by atoms with E-state index < -0.39 is 0 Å². The first-order valence-electron chi connectivity index (χ1n) is 11.2. The van der Waals surface area contributed by atoms with Crippen molar-refractivity contribution in [3.63, 3.8) is 0 Å². The molecular weight excluding hydrogens is 310 g/mol. The van der Waals surface area contributed by atoms with Gasteiger partial charge in [0.25, 0.3) is 0 Å². The van der Waals surface area contributed by atoms with Crippen molar-refractivity contribution in [2.24, 2.45) is 0 Å². The standard InChI is InChI=1S/C22H48NO2/c1-3-4-5-6-7-8-9-10-11-12-13-14-15-16-17-18-23(2,19-21-24)20-22-25/h24-25H,3-22H2,1-2H3/q+1. The van der Waals surface area contributed by atoms with Crippen LogP contribution in [0.4, 0.5) is 0 Å². The Hall–Kier alpha value is -0.120. The van der Waals surface area contributed by atoms with Crippen LogP contribution in [0.1, 0.15) is 103 Å². The van der Waals surface area contributed by atoms with Crippen LogP contribution < -0.4 is 0 Å². The fourth-order valence-corrected chi connectivity index (χ4v) is 3.68. The molecule has 25 heavy (non-hydrogen) atoms. The second-order valence-corrected chi connectivity index (χ2v) is 8.19. The molecular formula is C22H48NO2+. The molecule has 0 spiro atoms. The minimum atomic E-state index is 0.218. The highest BCUT2D eigenvalue weighted by Gasteiger charge is 2.19. The summed E-state index contributed by atoms with van der Waals surface area (Å²) >= 11 is 0. The van der Waals surface area contributed by atoms with E-state index in [1.165, 1.54) is 96.3 Å². The Morgan fingerprint density at radius 1 is 0.480 bits per heavy atom. The lowest BCUT2D eigenvalue weighted by atomic mass is 10.0. The van der Waals surface area contributed by atoms with Crippen molar-refractivity contribution < 1.29 is 14.7 Å². The van der Waals surface area contributed by atoms with Gasteiger partial charge in [-0.1, -0.05) is 90.4 Å². The molecule has 2 N–H and O–H groups in total. The average molecular weight is 359 g/mol. The summed E-state index contributed by atoms with van der Waals surface area (Å²) in [6.07, 6.45) is 20.9. The lowest BCUT2D eigenvalue weighted by molar-refractivity contribution is -0.910. The maximum absolute atomic E-state index is 9.16. The molecule has 0 atom stereocenters. The monoisotopic (exact) mass is 358 g/mol. The average Bonchev–Trinajstić information content (AvgIpc) is 2.59. The number of hydrogen-bond acceptors (Lipinski definition) is 2. The molecule has 0 amide bonds. The molecule has 0 aromatic rings. The molecule has 0 heterocycles. The first kappa shape index (κ1) is 24.9. The summed E-state index contributed by atoms with van der Waals surface area (Å²) in [5.41, 5.74) is 0. The summed E-state index contributed by atoms with van der Waals surface area (Å²) in [5.74, 6) is 0. The molecule has 0 aliphatic rings. The molecule has 0 saturated heterocycles. The van der Waals surface area contributed by atoms with Crippen LogP contribution in [0, 0.1) is 0 Å². The molecule has 0 bridgehead atoms. The van der Waals surface area contributed by atoms with Crippen LogP contribution >= 0.6 is 0 Å². The number of aliphatic hydroxyl groups excluding tert-OH is 2. The van der Waals surface area contributed by atoms with Crippen LogP contribution in [-0.4, -0.2) is 54.6 Å². The van der Waals surface area contributed by atoms with Gasteiger partial charge in [-0.3, -0.25) is 0 Å². The van der Waals surface area contributed by atoms with Gasteiger partial charge in [-0.2, -0.15) is 0 Å². The van der Waals surface area contributed by atoms with E-state index in [1.54, 1.807) is 0 Å². The van der Waals surface area contributed by atoms with Crippen LogP contribution in [0.25, 0.3) is 0 Å². The Morgan fingerprint density at radius 3 is 1.12 bits per heavy atom. The van der Waals surface area contributed by atoms with Gasteiger partial charge in [-0.05, 0) is 12.8 Å². The smallest absolute Gasteiger partial charge is 0.102 e. The minimum absolute atomic E-state index is 0.218. The van der Waals surface area contributed by atoms with Crippen molar-refractivity contribution in [1.82, 2.24) is 0 Å². The first-order chi connectivity index (χ1) is 12.2. The SMILES string of the molecule is CCCCCCCCCCCCCCCCC[N+](C)(CCO)CCO. The van der Waals surface area contributed by atoms with Crippen LogP contribution in [0.15, 0.2) is 0 Å². The zero-order valence-electron chi connectivity index (χ0n) is 17.5. The van der Waals surface area contributed by atoms with Gasteiger partial charge < -0.3 is 14.7 Å². The quantitative estimate of drug-likeness (QED) is 0.229. The summed E-state index contributed by atoms with van der Waals surface area (Å²) in [6, 6.07) is 0. The predicted molar refractivity (Wildman–Crippen MR) is 110 cm³/mol. The maximum Gasteiger partial charge on any atom is 0.102 e. The highest BCUT2D eigenvalue weighted by atomic mass is 16.3. The van der Waals surface area contributed by atoms with Crippen molar-refractivity contribution in [2.45, 2.75) is 103 Å². The van der Waals surface area contributed by atoms with Gasteiger partial charge in [0.2, 0.25) is 0 Å². The van der Waals surface area contributed by atoms with E-state index >= 15 is 0 Å².